The zero-order valence-corrected chi connectivity index (χ0v) is 11.3. The lowest BCUT2D eigenvalue weighted by Crippen LogP contribution is -2.74. The van der Waals surface area contributed by atoms with E-state index in [1.807, 2.05) is 19.0 Å². The number of ether oxygens (including phenoxy) is 2. The Kier molecular flexibility index (Phi) is 4.18. The lowest BCUT2D eigenvalue weighted by Gasteiger charge is -2.58. The van der Waals surface area contributed by atoms with E-state index in [9.17, 15) is 20.4 Å². The molecule has 0 amide bonds. The first-order chi connectivity index (χ1) is 8.84. The Hall–Kier alpha value is -0.280. The van der Waals surface area contributed by atoms with Gasteiger partial charge in [-0.15, -0.1) is 0 Å². The SMILES string of the molecule is CN(C)CCOC12CC(O)C(O)(CC1O)C(CO)O2. The fraction of sp³-hybridized carbons (Fsp3) is 1.00. The topological polar surface area (TPSA) is 103 Å². The maximum Gasteiger partial charge on any atom is 0.197 e. The van der Waals surface area contributed by atoms with Gasteiger partial charge in [0, 0.05) is 19.4 Å². The van der Waals surface area contributed by atoms with Gasteiger partial charge >= 0.3 is 0 Å². The van der Waals surface area contributed by atoms with Gasteiger partial charge in [0.05, 0.1) is 19.3 Å². The molecular weight excluding hydrogens is 254 g/mol. The minimum Gasteiger partial charge on any atom is -0.394 e. The Morgan fingerprint density at radius 2 is 1.95 bits per heavy atom. The summed E-state index contributed by atoms with van der Waals surface area (Å²) in [5, 5.41) is 39.7. The van der Waals surface area contributed by atoms with Crippen molar-refractivity contribution in [3.63, 3.8) is 0 Å². The second kappa shape index (κ2) is 5.25. The third-order valence-corrected chi connectivity index (χ3v) is 4.03. The molecule has 1 saturated carbocycles. The fourth-order valence-corrected chi connectivity index (χ4v) is 2.78. The first kappa shape index (κ1) is 15.1. The van der Waals surface area contributed by atoms with Gasteiger partial charge in [-0.2, -0.15) is 0 Å². The van der Waals surface area contributed by atoms with Crippen LogP contribution < -0.4 is 0 Å². The van der Waals surface area contributed by atoms with E-state index in [0.29, 0.717) is 13.2 Å². The predicted molar refractivity (Wildman–Crippen MR) is 65.4 cm³/mol. The lowest BCUT2D eigenvalue weighted by molar-refractivity contribution is -0.411. The number of rotatable bonds is 5. The minimum atomic E-state index is -1.61. The number of aliphatic hydroxyl groups is 4. The van der Waals surface area contributed by atoms with Gasteiger partial charge < -0.3 is 34.8 Å². The van der Waals surface area contributed by atoms with E-state index in [4.69, 9.17) is 9.47 Å². The smallest absolute Gasteiger partial charge is 0.197 e. The minimum absolute atomic E-state index is 0.00536. The lowest BCUT2D eigenvalue weighted by atomic mass is 9.70. The van der Waals surface area contributed by atoms with Crippen molar-refractivity contribution < 1.29 is 29.9 Å². The molecule has 5 unspecified atom stereocenters. The van der Waals surface area contributed by atoms with Crippen LogP contribution in [-0.4, -0.2) is 88.9 Å². The van der Waals surface area contributed by atoms with Crippen molar-refractivity contribution in [2.75, 3.05) is 33.9 Å². The normalized spacial score (nSPS) is 45.9. The van der Waals surface area contributed by atoms with E-state index >= 15 is 0 Å². The molecule has 0 radical (unpaired) electrons. The molecule has 4 N–H and O–H groups in total. The van der Waals surface area contributed by atoms with Crippen molar-refractivity contribution in [2.24, 2.45) is 0 Å². The number of hydrogen-bond acceptors (Lipinski definition) is 7. The summed E-state index contributed by atoms with van der Waals surface area (Å²) in [7, 11) is 3.79. The van der Waals surface area contributed by atoms with Gasteiger partial charge in [-0.05, 0) is 14.1 Å². The van der Waals surface area contributed by atoms with Crippen molar-refractivity contribution in [1.82, 2.24) is 4.90 Å². The van der Waals surface area contributed by atoms with Crippen LogP contribution in [0.2, 0.25) is 0 Å². The highest BCUT2D eigenvalue weighted by molar-refractivity contribution is 5.10. The standard InChI is InChI=1S/C12H23NO6/c1-13(2)3-4-18-12-6-8(15)11(17,5-9(12)16)10(7-14)19-12/h8-10,14-17H,3-7H2,1-2H3. The number of nitrogens with zero attached hydrogens (tertiary/aromatic N) is 1. The summed E-state index contributed by atoms with van der Waals surface area (Å²) in [5.41, 5.74) is -1.61. The summed E-state index contributed by atoms with van der Waals surface area (Å²) in [4.78, 5) is 1.92. The summed E-state index contributed by atoms with van der Waals surface area (Å²) in [6, 6.07) is 0. The monoisotopic (exact) mass is 277 g/mol. The molecule has 2 saturated heterocycles. The van der Waals surface area contributed by atoms with Crippen LogP contribution in [0.1, 0.15) is 12.8 Å². The van der Waals surface area contributed by atoms with Crippen molar-refractivity contribution in [3.8, 4) is 0 Å². The van der Waals surface area contributed by atoms with Gasteiger partial charge in [0.1, 0.15) is 17.8 Å². The molecule has 2 heterocycles. The number of hydrogen-bond donors (Lipinski definition) is 4. The van der Waals surface area contributed by atoms with E-state index in [0.717, 1.165) is 0 Å². The fourth-order valence-electron chi connectivity index (χ4n) is 2.78. The molecule has 5 atom stereocenters. The van der Waals surface area contributed by atoms with Crippen LogP contribution in [0.4, 0.5) is 0 Å². The van der Waals surface area contributed by atoms with Crippen LogP contribution in [0.3, 0.4) is 0 Å². The molecule has 7 heteroatoms. The van der Waals surface area contributed by atoms with Gasteiger partial charge in [0.15, 0.2) is 5.79 Å². The molecule has 0 spiro atoms. The Labute approximate surface area is 112 Å². The Bertz CT molecular complexity index is 327. The van der Waals surface area contributed by atoms with Gasteiger partial charge in [0.25, 0.3) is 0 Å². The summed E-state index contributed by atoms with van der Waals surface area (Å²) in [5.74, 6) is -1.34. The van der Waals surface area contributed by atoms with Gasteiger partial charge in [-0.3, -0.25) is 0 Å². The van der Waals surface area contributed by atoms with Gasteiger partial charge in [-0.1, -0.05) is 0 Å². The highest BCUT2D eigenvalue weighted by atomic mass is 16.7. The van der Waals surface area contributed by atoms with Gasteiger partial charge in [0.2, 0.25) is 0 Å². The highest BCUT2D eigenvalue weighted by Gasteiger charge is 2.65. The molecule has 3 fully saturated rings. The first-order valence-electron chi connectivity index (χ1n) is 6.50. The van der Waals surface area contributed by atoms with E-state index in [1.54, 1.807) is 0 Å². The average molecular weight is 277 g/mol. The quantitative estimate of drug-likeness (QED) is 0.456. The third-order valence-electron chi connectivity index (χ3n) is 4.03. The van der Waals surface area contributed by atoms with Crippen LogP contribution in [0.25, 0.3) is 0 Å². The second-order valence-electron chi connectivity index (χ2n) is 5.68. The second-order valence-corrected chi connectivity index (χ2v) is 5.68. The Morgan fingerprint density at radius 3 is 2.53 bits per heavy atom. The molecule has 19 heavy (non-hydrogen) atoms. The molecule has 0 aromatic carbocycles. The molecule has 2 bridgehead atoms. The number of aliphatic hydroxyl groups excluding tert-OH is 3. The van der Waals surface area contributed by atoms with Crippen LogP contribution in [0.5, 0.6) is 0 Å². The molecule has 2 aliphatic heterocycles. The first-order valence-corrected chi connectivity index (χ1v) is 6.50. The zero-order valence-electron chi connectivity index (χ0n) is 11.3. The van der Waals surface area contributed by atoms with Crippen LogP contribution in [0.15, 0.2) is 0 Å². The predicted octanol–water partition coefficient (Wildman–Crippen LogP) is -2.10. The largest absolute Gasteiger partial charge is 0.394 e. The maximum absolute atomic E-state index is 10.3. The molecule has 7 nitrogen and oxygen atoms in total. The third kappa shape index (κ3) is 2.52. The van der Waals surface area contributed by atoms with E-state index in [-0.39, 0.29) is 12.8 Å². The van der Waals surface area contributed by atoms with Crippen molar-refractivity contribution in [1.29, 1.82) is 0 Å². The molecule has 0 aromatic heterocycles. The molecule has 112 valence electrons. The average Bonchev–Trinajstić information content (AvgIpc) is 2.31. The van der Waals surface area contributed by atoms with E-state index in [2.05, 4.69) is 0 Å². The van der Waals surface area contributed by atoms with E-state index in [1.165, 1.54) is 0 Å². The Balaban J connectivity index is 2.10. The van der Waals surface area contributed by atoms with Crippen LogP contribution >= 0.6 is 0 Å². The molecule has 0 aromatic rings. The summed E-state index contributed by atoms with van der Waals surface area (Å²) in [6.45, 7) is 0.536. The van der Waals surface area contributed by atoms with Crippen molar-refractivity contribution >= 4 is 0 Å². The summed E-state index contributed by atoms with van der Waals surface area (Å²) in [6.07, 6.45) is -3.12. The number of fused-ring (bicyclic) bond motifs is 3. The highest BCUT2D eigenvalue weighted by Crippen LogP contribution is 2.47. The summed E-state index contributed by atoms with van der Waals surface area (Å²) < 4.78 is 11.2. The molecule has 3 aliphatic rings. The van der Waals surface area contributed by atoms with Crippen molar-refractivity contribution in [2.45, 2.75) is 42.5 Å². The van der Waals surface area contributed by atoms with Gasteiger partial charge in [-0.25, -0.2) is 0 Å². The van der Waals surface area contributed by atoms with Crippen LogP contribution in [0, 0.1) is 0 Å². The van der Waals surface area contributed by atoms with Crippen molar-refractivity contribution in [3.05, 3.63) is 0 Å². The molecule has 3 rings (SSSR count). The van der Waals surface area contributed by atoms with E-state index < -0.39 is 36.3 Å². The summed E-state index contributed by atoms with van der Waals surface area (Å²) >= 11 is 0. The zero-order chi connectivity index (χ0) is 14.3. The number of likely N-dealkylation sites (N-methyl/N-ethyl adjacent to an activating group) is 1. The molecular formula is C12H23NO6. The Morgan fingerprint density at radius 1 is 1.26 bits per heavy atom. The maximum atomic E-state index is 10.3. The molecule has 1 aliphatic carbocycles. The van der Waals surface area contributed by atoms with Crippen LogP contribution in [-0.2, 0) is 9.47 Å².